The lowest BCUT2D eigenvalue weighted by atomic mass is 10.0. The van der Waals surface area contributed by atoms with Gasteiger partial charge in [-0.2, -0.15) is 0 Å². The fraction of sp³-hybridized carbons (Fsp3) is 0.130. The highest BCUT2D eigenvalue weighted by Gasteiger charge is 2.23. The second kappa shape index (κ2) is 6.63. The van der Waals surface area contributed by atoms with Crippen LogP contribution in [0.5, 0.6) is 0 Å². The van der Waals surface area contributed by atoms with Crippen LogP contribution in [0.2, 0.25) is 0 Å². The first-order valence-electron chi connectivity index (χ1n) is 8.91. The first-order valence-corrected chi connectivity index (χ1v) is 9.79. The zero-order valence-electron chi connectivity index (χ0n) is 15.3. The Kier molecular flexibility index (Phi) is 4.28. The number of nitrogens with one attached hydrogen (secondary N) is 2. The van der Waals surface area contributed by atoms with E-state index in [0.717, 1.165) is 62.0 Å². The summed E-state index contributed by atoms with van der Waals surface area (Å²) < 4.78 is 2.20. The van der Waals surface area contributed by atoms with E-state index < -0.39 is 0 Å². The topological polar surface area (TPSA) is 29.0 Å². The summed E-state index contributed by atoms with van der Waals surface area (Å²) in [5.74, 6) is 0. The molecule has 4 rings (SSSR count). The molecule has 1 aromatic carbocycles. The highest BCUT2D eigenvalue weighted by atomic mass is 32.1. The lowest BCUT2D eigenvalue weighted by Gasteiger charge is -2.29. The highest BCUT2D eigenvalue weighted by molar-refractivity contribution is 7.11. The van der Waals surface area contributed by atoms with Crippen LogP contribution in [0, 0.1) is 0 Å². The zero-order chi connectivity index (χ0) is 19.1. The van der Waals surface area contributed by atoms with Crippen molar-refractivity contribution in [3.8, 4) is 0 Å². The molecule has 0 radical (unpaired) electrons. The second-order valence-corrected chi connectivity index (χ2v) is 7.83. The molecule has 1 atom stereocenters. The van der Waals surface area contributed by atoms with E-state index in [-0.39, 0.29) is 6.04 Å². The van der Waals surface area contributed by atoms with Crippen LogP contribution in [-0.2, 0) is 0 Å². The molecule has 136 valence electrons. The molecule has 0 amide bonds. The number of hydrogen-bond acceptors (Lipinski definition) is 3. The summed E-state index contributed by atoms with van der Waals surface area (Å²) in [4.78, 5) is 1.12. The van der Waals surface area contributed by atoms with Gasteiger partial charge in [0.15, 0.2) is 0 Å². The summed E-state index contributed by atoms with van der Waals surface area (Å²) in [6.45, 7) is 21.2. The molecule has 0 aliphatic carbocycles. The van der Waals surface area contributed by atoms with E-state index in [2.05, 4.69) is 71.7 Å². The van der Waals surface area contributed by atoms with E-state index >= 15 is 0 Å². The first-order chi connectivity index (χ1) is 13.0. The largest absolute Gasteiger partial charge is 0.362 e. The Balaban J connectivity index is 1.81. The monoisotopic (exact) mass is 373 g/mol. The van der Waals surface area contributed by atoms with Gasteiger partial charge in [-0.25, -0.2) is 0 Å². The van der Waals surface area contributed by atoms with Crippen molar-refractivity contribution in [1.29, 1.82) is 0 Å². The molecule has 0 spiro atoms. The number of fused-ring (bicyclic) bond motifs is 1. The Labute approximate surface area is 163 Å². The maximum absolute atomic E-state index is 4.39. The van der Waals surface area contributed by atoms with Crippen LogP contribution in [0.4, 0.5) is 5.69 Å². The Hall–Kier alpha value is -2.98. The van der Waals surface area contributed by atoms with Gasteiger partial charge >= 0.3 is 0 Å². The Morgan fingerprint density at radius 1 is 1.11 bits per heavy atom. The second-order valence-electron chi connectivity index (χ2n) is 6.88. The summed E-state index contributed by atoms with van der Waals surface area (Å²) in [5.41, 5.74) is 3.84. The fourth-order valence-electron chi connectivity index (χ4n) is 3.81. The van der Waals surface area contributed by atoms with Gasteiger partial charge in [0.25, 0.3) is 0 Å². The van der Waals surface area contributed by atoms with Crippen LogP contribution >= 0.6 is 11.3 Å². The first kappa shape index (κ1) is 17.4. The highest BCUT2D eigenvalue weighted by Crippen LogP contribution is 2.29. The molecule has 3 aromatic rings. The van der Waals surface area contributed by atoms with Crippen LogP contribution < -0.4 is 21.3 Å². The molecule has 3 heterocycles. The van der Waals surface area contributed by atoms with Crippen LogP contribution in [0.1, 0.15) is 23.8 Å². The molecule has 27 heavy (non-hydrogen) atoms. The molecule has 4 heteroatoms. The average molecular weight is 374 g/mol. The zero-order valence-corrected chi connectivity index (χ0v) is 16.2. The normalized spacial score (nSPS) is 17.1. The number of nitrogens with zero attached hydrogens (tertiary/aromatic N) is 1. The van der Waals surface area contributed by atoms with E-state index in [1.807, 2.05) is 12.1 Å². The molecule has 1 aliphatic rings. The van der Waals surface area contributed by atoms with Gasteiger partial charge in [-0.05, 0) is 30.4 Å². The van der Waals surface area contributed by atoms with Gasteiger partial charge in [-0.3, -0.25) is 0 Å². The fourth-order valence-corrected chi connectivity index (χ4v) is 4.47. The number of hydrogen-bond donors (Lipinski definition) is 2. The van der Waals surface area contributed by atoms with Crippen molar-refractivity contribution in [3.63, 3.8) is 0 Å². The van der Waals surface area contributed by atoms with Crippen molar-refractivity contribution >= 4 is 46.7 Å². The molecular formula is C23H23N3S. The maximum atomic E-state index is 4.39. The van der Waals surface area contributed by atoms with E-state index in [4.69, 9.17) is 0 Å². The molecule has 1 aliphatic heterocycles. The summed E-state index contributed by atoms with van der Waals surface area (Å²) in [7, 11) is 0. The minimum Gasteiger partial charge on any atom is -0.362 e. The van der Waals surface area contributed by atoms with Crippen molar-refractivity contribution in [3.05, 3.63) is 82.4 Å². The van der Waals surface area contributed by atoms with Gasteiger partial charge in [0, 0.05) is 49.1 Å². The van der Waals surface area contributed by atoms with E-state index in [9.17, 15) is 0 Å². The molecular weight excluding hydrogens is 350 g/mol. The van der Waals surface area contributed by atoms with Crippen molar-refractivity contribution < 1.29 is 0 Å². The maximum Gasteiger partial charge on any atom is 0.0738 e. The van der Waals surface area contributed by atoms with Gasteiger partial charge in [0.2, 0.25) is 0 Å². The minimum absolute atomic E-state index is 0.122. The standard InChI is InChI=1S/C23H23N3S/c1-14-11-12-21(15(2)24-14)26-17(4)19-8-6-9-20(23(19)18(26)5)25-16(3)22-10-7-13-27-22/h6-10,13,21,24-25H,1-5,11-12H2. The van der Waals surface area contributed by atoms with E-state index in [1.54, 1.807) is 11.3 Å². The van der Waals surface area contributed by atoms with Crippen molar-refractivity contribution in [2.24, 2.45) is 0 Å². The van der Waals surface area contributed by atoms with Gasteiger partial charge in [0.1, 0.15) is 0 Å². The molecule has 1 saturated heterocycles. The molecule has 3 nitrogen and oxygen atoms in total. The number of benzene rings is 1. The molecule has 2 aromatic heterocycles. The number of piperidine rings is 1. The van der Waals surface area contributed by atoms with Crippen LogP contribution in [0.3, 0.4) is 0 Å². The summed E-state index contributed by atoms with van der Waals surface area (Å²) >= 11 is 1.67. The third-order valence-electron chi connectivity index (χ3n) is 5.12. The minimum atomic E-state index is 0.122. The summed E-state index contributed by atoms with van der Waals surface area (Å²) in [5, 5.41) is 12.9. The van der Waals surface area contributed by atoms with E-state index in [0.29, 0.717) is 0 Å². The lowest BCUT2D eigenvalue weighted by Crippen LogP contribution is -2.36. The Morgan fingerprint density at radius 3 is 2.63 bits per heavy atom. The number of anilines is 1. The quantitative estimate of drug-likeness (QED) is 0.702. The number of allylic oxidation sites excluding steroid dienone is 2. The third kappa shape index (κ3) is 2.92. The molecule has 2 N–H and O–H groups in total. The molecule has 1 fully saturated rings. The van der Waals surface area contributed by atoms with Crippen molar-refractivity contribution in [2.75, 3.05) is 5.32 Å². The molecule has 1 unspecified atom stereocenters. The van der Waals surface area contributed by atoms with Crippen LogP contribution in [-0.4, -0.2) is 4.57 Å². The van der Waals surface area contributed by atoms with Gasteiger partial charge in [-0.15, -0.1) is 11.3 Å². The average Bonchev–Trinajstić information content (AvgIpc) is 3.25. The van der Waals surface area contributed by atoms with Crippen molar-refractivity contribution in [2.45, 2.75) is 18.9 Å². The predicted molar refractivity (Wildman–Crippen MR) is 119 cm³/mol. The van der Waals surface area contributed by atoms with Crippen LogP contribution in [0.25, 0.3) is 29.6 Å². The number of rotatable bonds is 4. The lowest BCUT2D eigenvalue weighted by molar-refractivity contribution is 0.458. The van der Waals surface area contributed by atoms with Crippen molar-refractivity contribution in [1.82, 2.24) is 9.88 Å². The molecule has 0 saturated carbocycles. The Bertz CT molecular complexity index is 1160. The van der Waals surface area contributed by atoms with Gasteiger partial charge < -0.3 is 15.2 Å². The number of aromatic nitrogens is 1. The predicted octanol–water partition coefficient (Wildman–Crippen LogP) is 4.56. The third-order valence-corrected chi connectivity index (χ3v) is 6.05. The summed E-state index contributed by atoms with van der Waals surface area (Å²) in [6.07, 6.45) is 1.86. The summed E-state index contributed by atoms with van der Waals surface area (Å²) in [6, 6.07) is 10.4. The van der Waals surface area contributed by atoms with E-state index in [1.165, 1.54) is 0 Å². The molecule has 0 bridgehead atoms. The SMILES string of the molecule is C=C1CCC(n2c(=C)c3cccc(NC(=C)c4cccs4)c3c2=C)C(=C)N1. The van der Waals surface area contributed by atoms with Gasteiger partial charge in [0.05, 0.1) is 6.04 Å². The van der Waals surface area contributed by atoms with Gasteiger partial charge in [-0.1, -0.05) is 51.1 Å². The number of thiophene rings is 1. The Morgan fingerprint density at radius 2 is 1.93 bits per heavy atom. The smallest absolute Gasteiger partial charge is 0.0738 e. The van der Waals surface area contributed by atoms with Crippen LogP contribution in [0.15, 0.2) is 66.8 Å².